The number of piperidine rings is 1. The van der Waals surface area contributed by atoms with Crippen molar-refractivity contribution in [3.63, 3.8) is 0 Å². The van der Waals surface area contributed by atoms with Crippen molar-refractivity contribution in [2.75, 3.05) is 30.4 Å². The molecule has 1 aliphatic heterocycles. The second-order valence-electron chi connectivity index (χ2n) is 6.93. The van der Waals surface area contributed by atoms with Gasteiger partial charge in [0.15, 0.2) is 0 Å². The second kappa shape index (κ2) is 7.72. The molecule has 1 aromatic carbocycles. The molecule has 1 saturated heterocycles. The second-order valence-corrected chi connectivity index (χ2v) is 6.93. The number of hydrogen-bond donors (Lipinski definition) is 1. The Labute approximate surface area is 154 Å². The summed E-state index contributed by atoms with van der Waals surface area (Å²) in [5.74, 6) is 1.31. The third-order valence-electron chi connectivity index (χ3n) is 4.66. The first kappa shape index (κ1) is 18.2. The fourth-order valence-corrected chi connectivity index (χ4v) is 3.38. The van der Waals surface area contributed by atoms with Gasteiger partial charge in [-0.05, 0) is 57.4 Å². The molecule has 2 heterocycles. The van der Waals surface area contributed by atoms with E-state index in [2.05, 4.69) is 20.2 Å². The van der Waals surface area contributed by atoms with Gasteiger partial charge >= 0.3 is 0 Å². The van der Waals surface area contributed by atoms with Crippen LogP contribution in [0.1, 0.15) is 29.8 Å². The minimum Gasteiger partial charge on any atom is -0.495 e. The van der Waals surface area contributed by atoms with E-state index < -0.39 is 0 Å². The number of methoxy groups -OCH3 is 1. The number of anilines is 2. The van der Waals surface area contributed by atoms with Crippen LogP contribution >= 0.6 is 0 Å². The lowest BCUT2D eigenvalue weighted by Crippen LogP contribution is -2.41. The van der Waals surface area contributed by atoms with Gasteiger partial charge in [-0.2, -0.15) is 0 Å². The summed E-state index contributed by atoms with van der Waals surface area (Å²) in [5.41, 5.74) is 3.69. The zero-order chi connectivity index (χ0) is 18.7. The van der Waals surface area contributed by atoms with E-state index in [1.807, 2.05) is 45.0 Å². The maximum Gasteiger partial charge on any atom is 0.229 e. The number of rotatable bonds is 4. The SMILES string of the molecule is COc1ccc(C)cc1NC(=O)[C@@H]1CCCN(c2nc(C)cc(C)n2)C1. The van der Waals surface area contributed by atoms with Gasteiger partial charge in [-0.3, -0.25) is 4.79 Å². The monoisotopic (exact) mass is 354 g/mol. The average Bonchev–Trinajstić information content (AvgIpc) is 2.61. The molecule has 0 aliphatic carbocycles. The number of hydrogen-bond acceptors (Lipinski definition) is 5. The zero-order valence-corrected chi connectivity index (χ0v) is 15.9. The molecule has 6 heteroatoms. The van der Waals surface area contributed by atoms with Gasteiger partial charge in [0, 0.05) is 24.5 Å². The number of amides is 1. The van der Waals surface area contributed by atoms with Gasteiger partial charge in [0.2, 0.25) is 11.9 Å². The molecule has 0 unspecified atom stereocenters. The van der Waals surface area contributed by atoms with Crippen molar-refractivity contribution in [2.45, 2.75) is 33.6 Å². The number of carbonyl (C=O) groups excluding carboxylic acids is 1. The third-order valence-corrected chi connectivity index (χ3v) is 4.66. The first-order valence-electron chi connectivity index (χ1n) is 8.99. The fourth-order valence-electron chi connectivity index (χ4n) is 3.38. The maximum absolute atomic E-state index is 12.8. The Balaban J connectivity index is 1.73. The van der Waals surface area contributed by atoms with E-state index in [-0.39, 0.29) is 11.8 Å². The van der Waals surface area contributed by atoms with E-state index in [1.54, 1.807) is 7.11 Å². The van der Waals surface area contributed by atoms with Gasteiger partial charge in [-0.25, -0.2) is 9.97 Å². The number of benzene rings is 1. The van der Waals surface area contributed by atoms with Crippen LogP contribution < -0.4 is 15.0 Å². The van der Waals surface area contributed by atoms with Gasteiger partial charge in [-0.1, -0.05) is 6.07 Å². The minimum absolute atomic E-state index is 0.0166. The molecule has 1 N–H and O–H groups in total. The van der Waals surface area contributed by atoms with Crippen LogP contribution in [0.2, 0.25) is 0 Å². The molecule has 1 amide bonds. The van der Waals surface area contributed by atoms with Gasteiger partial charge in [0.05, 0.1) is 18.7 Å². The summed E-state index contributed by atoms with van der Waals surface area (Å²) in [6.45, 7) is 7.44. The van der Waals surface area contributed by atoms with E-state index in [9.17, 15) is 4.79 Å². The number of aryl methyl sites for hydroxylation is 3. The van der Waals surface area contributed by atoms with Gasteiger partial charge in [0.25, 0.3) is 0 Å². The van der Waals surface area contributed by atoms with Crippen LogP contribution in [0.25, 0.3) is 0 Å². The van der Waals surface area contributed by atoms with Crippen LogP contribution in [-0.2, 0) is 4.79 Å². The minimum atomic E-state index is -0.0987. The average molecular weight is 354 g/mol. The molecule has 1 fully saturated rings. The molecule has 0 bridgehead atoms. The molecule has 2 aromatic rings. The summed E-state index contributed by atoms with van der Waals surface area (Å²) in [4.78, 5) is 24.0. The van der Waals surface area contributed by atoms with Crippen LogP contribution in [0.5, 0.6) is 5.75 Å². The van der Waals surface area contributed by atoms with Crippen molar-refractivity contribution in [2.24, 2.45) is 5.92 Å². The Hall–Kier alpha value is -2.63. The number of nitrogens with one attached hydrogen (secondary N) is 1. The Morgan fingerprint density at radius 3 is 2.62 bits per heavy atom. The van der Waals surface area contributed by atoms with Crippen molar-refractivity contribution < 1.29 is 9.53 Å². The van der Waals surface area contributed by atoms with Crippen LogP contribution in [0.4, 0.5) is 11.6 Å². The number of aromatic nitrogens is 2. The predicted octanol–water partition coefficient (Wildman–Crippen LogP) is 3.27. The summed E-state index contributed by atoms with van der Waals surface area (Å²) in [5, 5.41) is 3.04. The summed E-state index contributed by atoms with van der Waals surface area (Å²) in [7, 11) is 1.61. The molecule has 6 nitrogen and oxygen atoms in total. The summed E-state index contributed by atoms with van der Waals surface area (Å²) in [6, 6.07) is 7.74. The molecule has 138 valence electrons. The number of carbonyl (C=O) groups is 1. The first-order chi connectivity index (χ1) is 12.5. The lowest BCUT2D eigenvalue weighted by atomic mass is 9.97. The smallest absolute Gasteiger partial charge is 0.229 e. The van der Waals surface area contributed by atoms with E-state index in [1.165, 1.54) is 0 Å². The zero-order valence-electron chi connectivity index (χ0n) is 15.9. The van der Waals surface area contributed by atoms with Crippen LogP contribution in [0.15, 0.2) is 24.3 Å². The van der Waals surface area contributed by atoms with E-state index in [0.717, 1.165) is 42.0 Å². The van der Waals surface area contributed by atoms with E-state index >= 15 is 0 Å². The normalized spacial score (nSPS) is 17.1. The van der Waals surface area contributed by atoms with Crippen molar-refractivity contribution >= 4 is 17.5 Å². The van der Waals surface area contributed by atoms with Crippen molar-refractivity contribution in [3.8, 4) is 5.75 Å². The summed E-state index contributed by atoms with van der Waals surface area (Å²) >= 11 is 0. The summed E-state index contributed by atoms with van der Waals surface area (Å²) in [6.07, 6.45) is 1.81. The van der Waals surface area contributed by atoms with Crippen LogP contribution in [0.3, 0.4) is 0 Å². The predicted molar refractivity (Wildman–Crippen MR) is 103 cm³/mol. The Kier molecular flexibility index (Phi) is 5.40. The van der Waals surface area contributed by atoms with Crippen LogP contribution in [0, 0.1) is 26.7 Å². The number of nitrogens with zero attached hydrogens (tertiary/aromatic N) is 3. The highest BCUT2D eigenvalue weighted by atomic mass is 16.5. The van der Waals surface area contributed by atoms with Gasteiger partial charge in [0.1, 0.15) is 5.75 Å². The molecule has 1 aromatic heterocycles. The molecule has 26 heavy (non-hydrogen) atoms. The van der Waals surface area contributed by atoms with Gasteiger partial charge in [-0.15, -0.1) is 0 Å². The Bertz CT molecular complexity index is 786. The number of ether oxygens (including phenoxy) is 1. The molecule has 1 atom stereocenters. The quantitative estimate of drug-likeness (QED) is 0.913. The fraction of sp³-hybridized carbons (Fsp3) is 0.450. The van der Waals surface area contributed by atoms with Crippen molar-refractivity contribution in [1.82, 2.24) is 9.97 Å². The standard InChI is InChI=1S/C20H26N4O2/c1-13-7-8-18(26-4)17(10-13)23-19(25)16-6-5-9-24(12-16)20-21-14(2)11-15(3)22-20/h7-8,10-11,16H,5-6,9,12H2,1-4H3,(H,23,25)/t16-/m1/s1. The van der Waals surface area contributed by atoms with Gasteiger partial charge < -0.3 is 15.0 Å². The topological polar surface area (TPSA) is 67.3 Å². The molecular weight excluding hydrogens is 328 g/mol. The highest BCUT2D eigenvalue weighted by molar-refractivity contribution is 5.94. The van der Waals surface area contributed by atoms with Crippen molar-refractivity contribution in [3.05, 3.63) is 41.2 Å². The largest absolute Gasteiger partial charge is 0.495 e. The third kappa shape index (κ3) is 4.12. The first-order valence-corrected chi connectivity index (χ1v) is 8.99. The Morgan fingerprint density at radius 2 is 1.92 bits per heavy atom. The molecule has 0 saturated carbocycles. The maximum atomic E-state index is 12.8. The molecule has 1 aliphatic rings. The highest BCUT2D eigenvalue weighted by Crippen LogP contribution is 2.27. The lowest BCUT2D eigenvalue weighted by Gasteiger charge is -2.32. The highest BCUT2D eigenvalue weighted by Gasteiger charge is 2.28. The van der Waals surface area contributed by atoms with Crippen LogP contribution in [-0.4, -0.2) is 36.1 Å². The van der Waals surface area contributed by atoms with E-state index in [0.29, 0.717) is 18.2 Å². The molecule has 3 rings (SSSR count). The summed E-state index contributed by atoms with van der Waals surface area (Å²) < 4.78 is 5.36. The van der Waals surface area contributed by atoms with Crippen molar-refractivity contribution in [1.29, 1.82) is 0 Å². The van der Waals surface area contributed by atoms with E-state index in [4.69, 9.17) is 4.74 Å². The molecule has 0 spiro atoms. The lowest BCUT2D eigenvalue weighted by molar-refractivity contribution is -0.120. The molecular formula is C20H26N4O2. The Morgan fingerprint density at radius 1 is 1.19 bits per heavy atom. The molecule has 0 radical (unpaired) electrons.